The maximum absolute atomic E-state index is 5.54. The van der Waals surface area contributed by atoms with Crippen molar-refractivity contribution in [3.05, 3.63) is 36.4 Å². The van der Waals surface area contributed by atoms with Gasteiger partial charge in [0.2, 0.25) is 0 Å². The highest BCUT2D eigenvalue weighted by Crippen LogP contribution is 2.38. The monoisotopic (exact) mass is 290 g/mol. The van der Waals surface area contributed by atoms with E-state index in [1.54, 1.807) is 0 Å². The van der Waals surface area contributed by atoms with Crippen molar-refractivity contribution in [2.75, 3.05) is 24.7 Å². The molecule has 0 radical (unpaired) electrons. The van der Waals surface area contributed by atoms with Crippen molar-refractivity contribution in [3.8, 4) is 0 Å². The van der Waals surface area contributed by atoms with Crippen LogP contribution >= 0.6 is 12.4 Å². The zero-order valence-electron chi connectivity index (χ0n) is 11.8. The van der Waals surface area contributed by atoms with Gasteiger partial charge in [-0.2, -0.15) is 0 Å². The van der Waals surface area contributed by atoms with Crippen LogP contribution in [0.2, 0.25) is 0 Å². The second kappa shape index (κ2) is 6.25. The van der Waals surface area contributed by atoms with Gasteiger partial charge in [0.25, 0.3) is 0 Å². The van der Waals surface area contributed by atoms with Crippen LogP contribution in [0.3, 0.4) is 0 Å². The molecule has 0 aliphatic carbocycles. The molecule has 1 heterocycles. The van der Waals surface area contributed by atoms with E-state index in [1.165, 1.54) is 16.5 Å². The largest absolute Gasteiger partial charge is 0.374 e. The Labute approximate surface area is 125 Å². The van der Waals surface area contributed by atoms with E-state index in [0.717, 1.165) is 18.1 Å². The Morgan fingerprint density at radius 3 is 2.55 bits per heavy atom. The summed E-state index contributed by atoms with van der Waals surface area (Å²) in [5.74, 6) is 0.996. The fraction of sp³-hybridized carbons (Fsp3) is 0.312. The number of halogens is 1. The summed E-state index contributed by atoms with van der Waals surface area (Å²) >= 11 is 0. The van der Waals surface area contributed by atoms with Gasteiger partial charge in [-0.1, -0.05) is 24.3 Å². The average molecular weight is 291 g/mol. The lowest BCUT2D eigenvalue weighted by atomic mass is 10.0. The van der Waals surface area contributed by atoms with E-state index in [4.69, 9.17) is 9.73 Å². The van der Waals surface area contributed by atoms with Gasteiger partial charge in [-0.3, -0.25) is 0 Å². The highest BCUT2D eigenvalue weighted by Gasteiger charge is 2.21. The first-order valence-corrected chi connectivity index (χ1v) is 6.79. The Bertz CT molecular complexity index is 634. The van der Waals surface area contributed by atoms with E-state index >= 15 is 0 Å². The van der Waals surface area contributed by atoms with E-state index in [9.17, 15) is 0 Å². The summed E-state index contributed by atoms with van der Waals surface area (Å²) in [5.41, 5.74) is 2.29. The highest BCUT2D eigenvalue weighted by molar-refractivity contribution is 6.15. The molecule has 0 bridgehead atoms. The molecule has 106 valence electrons. The molecule has 0 saturated heterocycles. The topological polar surface area (TPSA) is 24.8 Å². The predicted molar refractivity (Wildman–Crippen MR) is 87.8 cm³/mol. The number of anilines is 1. The van der Waals surface area contributed by atoms with Crippen LogP contribution < -0.4 is 4.90 Å². The van der Waals surface area contributed by atoms with Crippen molar-refractivity contribution in [1.82, 2.24) is 0 Å². The zero-order chi connectivity index (χ0) is 13.2. The standard InChI is InChI=1S/C16H18N2O.ClH/c1-3-18-14-10-6-8-12-7-5-9-13(16(12)14)17-15(18)11-19-4-2;/h5-10H,3-4,11H2,1-2H3;1H. The van der Waals surface area contributed by atoms with Gasteiger partial charge < -0.3 is 9.64 Å². The number of rotatable bonds is 4. The summed E-state index contributed by atoms with van der Waals surface area (Å²) in [6, 6.07) is 12.7. The molecule has 0 amide bonds. The summed E-state index contributed by atoms with van der Waals surface area (Å²) in [6.45, 7) is 6.33. The van der Waals surface area contributed by atoms with Crippen molar-refractivity contribution < 1.29 is 4.74 Å². The number of nitrogens with zero attached hydrogens (tertiary/aromatic N) is 2. The predicted octanol–water partition coefficient (Wildman–Crippen LogP) is 4.17. The summed E-state index contributed by atoms with van der Waals surface area (Å²) in [5, 5.41) is 2.49. The van der Waals surface area contributed by atoms with E-state index in [2.05, 4.69) is 48.2 Å². The van der Waals surface area contributed by atoms with E-state index < -0.39 is 0 Å². The third-order valence-electron chi connectivity index (χ3n) is 3.46. The number of aliphatic imine (C=N–C) groups is 1. The molecule has 1 aliphatic rings. The van der Waals surface area contributed by atoms with Gasteiger partial charge in [0.15, 0.2) is 0 Å². The number of likely N-dealkylation sites (N-methyl/N-ethyl adjacent to an activating group) is 1. The maximum atomic E-state index is 5.54. The van der Waals surface area contributed by atoms with Gasteiger partial charge in [0.1, 0.15) is 12.4 Å². The molecule has 0 unspecified atom stereocenters. The van der Waals surface area contributed by atoms with Crippen molar-refractivity contribution in [2.45, 2.75) is 13.8 Å². The Hall–Kier alpha value is -1.58. The van der Waals surface area contributed by atoms with Gasteiger partial charge in [-0.05, 0) is 31.4 Å². The second-order valence-electron chi connectivity index (χ2n) is 4.56. The molecule has 0 aromatic heterocycles. The third-order valence-corrected chi connectivity index (χ3v) is 3.46. The smallest absolute Gasteiger partial charge is 0.135 e. The minimum atomic E-state index is 0. The molecule has 0 atom stereocenters. The van der Waals surface area contributed by atoms with Crippen LogP contribution in [-0.4, -0.2) is 25.6 Å². The Morgan fingerprint density at radius 1 is 1.10 bits per heavy atom. The van der Waals surface area contributed by atoms with Crippen LogP contribution in [0.4, 0.5) is 11.4 Å². The molecular formula is C16H19ClN2O. The summed E-state index contributed by atoms with van der Waals surface area (Å²) in [7, 11) is 0. The Balaban J connectivity index is 0.00000147. The molecule has 0 saturated carbocycles. The Morgan fingerprint density at radius 2 is 1.85 bits per heavy atom. The molecule has 2 aromatic rings. The van der Waals surface area contributed by atoms with Gasteiger partial charge in [-0.15, -0.1) is 12.4 Å². The molecule has 4 heteroatoms. The quantitative estimate of drug-likeness (QED) is 0.844. The molecular weight excluding hydrogens is 272 g/mol. The molecule has 0 fully saturated rings. The lowest BCUT2D eigenvalue weighted by Crippen LogP contribution is -2.35. The lowest BCUT2D eigenvalue weighted by molar-refractivity contribution is 0.186. The summed E-state index contributed by atoms with van der Waals surface area (Å²) in [6.07, 6.45) is 0. The average Bonchev–Trinajstić information content (AvgIpc) is 2.45. The molecule has 2 aromatic carbocycles. The fourth-order valence-electron chi connectivity index (χ4n) is 2.61. The normalized spacial score (nSPS) is 13.1. The van der Waals surface area contributed by atoms with E-state index in [0.29, 0.717) is 13.2 Å². The van der Waals surface area contributed by atoms with Crippen LogP contribution in [0.5, 0.6) is 0 Å². The van der Waals surface area contributed by atoms with Crippen LogP contribution in [0.15, 0.2) is 41.4 Å². The van der Waals surface area contributed by atoms with Crippen LogP contribution in [0.25, 0.3) is 10.8 Å². The first kappa shape index (κ1) is 14.8. The molecule has 1 aliphatic heterocycles. The minimum Gasteiger partial charge on any atom is -0.374 e. The van der Waals surface area contributed by atoms with Gasteiger partial charge in [0.05, 0.1) is 11.4 Å². The second-order valence-corrected chi connectivity index (χ2v) is 4.56. The van der Waals surface area contributed by atoms with Crippen LogP contribution in [0, 0.1) is 0 Å². The van der Waals surface area contributed by atoms with Crippen molar-refractivity contribution in [1.29, 1.82) is 0 Å². The molecule has 3 nitrogen and oxygen atoms in total. The minimum absolute atomic E-state index is 0. The van der Waals surface area contributed by atoms with Gasteiger partial charge >= 0.3 is 0 Å². The summed E-state index contributed by atoms with van der Waals surface area (Å²) < 4.78 is 5.54. The number of benzene rings is 2. The molecule has 3 rings (SSSR count). The lowest BCUT2D eigenvalue weighted by Gasteiger charge is -2.30. The number of amidine groups is 1. The van der Waals surface area contributed by atoms with E-state index in [-0.39, 0.29) is 12.4 Å². The van der Waals surface area contributed by atoms with Crippen molar-refractivity contribution in [2.24, 2.45) is 4.99 Å². The maximum Gasteiger partial charge on any atom is 0.135 e. The van der Waals surface area contributed by atoms with Gasteiger partial charge in [0, 0.05) is 18.5 Å². The highest BCUT2D eigenvalue weighted by atomic mass is 35.5. The van der Waals surface area contributed by atoms with Crippen LogP contribution in [0.1, 0.15) is 13.8 Å². The van der Waals surface area contributed by atoms with E-state index in [1.807, 2.05) is 6.92 Å². The summed E-state index contributed by atoms with van der Waals surface area (Å²) in [4.78, 5) is 7.01. The zero-order valence-corrected chi connectivity index (χ0v) is 12.6. The third kappa shape index (κ3) is 2.39. The molecule has 0 N–H and O–H groups in total. The number of hydrogen-bond acceptors (Lipinski definition) is 3. The van der Waals surface area contributed by atoms with Crippen molar-refractivity contribution >= 4 is 40.4 Å². The SMILES string of the molecule is CCOCC1=Nc2cccc3cccc(c23)N1CC.Cl. The first-order chi connectivity index (χ1) is 9.35. The number of ether oxygens (including phenoxy) is 1. The van der Waals surface area contributed by atoms with Crippen molar-refractivity contribution in [3.63, 3.8) is 0 Å². The fourth-order valence-corrected chi connectivity index (χ4v) is 2.61. The molecule has 20 heavy (non-hydrogen) atoms. The first-order valence-electron chi connectivity index (χ1n) is 6.79. The number of hydrogen-bond donors (Lipinski definition) is 0. The Kier molecular flexibility index (Phi) is 4.63. The van der Waals surface area contributed by atoms with Crippen LogP contribution in [-0.2, 0) is 4.74 Å². The molecule has 0 spiro atoms. The van der Waals surface area contributed by atoms with Gasteiger partial charge in [-0.25, -0.2) is 4.99 Å².